The van der Waals surface area contributed by atoms with E-state index in [0.29, 0.717) is 11.2 Å². The molecule has 3 aliphatic rings. The molecule has 6 rings (SSSR count). The Kier molecular flexibility index (Phi) is 5.82. The molecule has 3 fully saturated rings. The summed E-state index contributed by atoms with van der Waals surface area (Å²) in [5, 5.41) is 11.3. The lowest BCUT2D eigenvalue weighted by Gasteiger charge is -2.52. The lowest BCUT2D eigenvalue weighted by Crippen LogP contribution is -2.63. The van der Waals surface area contributed by atoms with Gasteiger partial charge in [0.1, 0.15) is 5.75 Å². The summed E-state index contributed by atoms with van der Waals surface area (Å²) in [4.78, 5) is 20.3. The number of carbonyl (C=O) groups is 1. The minimum Gasteiger partial charge on any atom is -0.495 e. The van der Waals surface area contributed by atoms with Crippen molar-refractivity contribution >= 4 is 43.8 Å². The second-order valence-corrected chi connectivity index (χ2v) is 10.8. The molecule has 4 heterocycles. The molecular weight excluding hydrogens is 476 g/mol. The Bertz CT molecular complexity index is 1310. The lowest BCUT2D eigenvalue weighted by atomic mass is 9.90. The van der Waals surface area contributed by atoms with E-state index in [-0.39, 0.29) is 28.1 Å². The molecule has 0 saturated carbocycles. The second-order valence-electron chi connectivity index (χ2n) is 8.32. The molecule has 0 spiro atoms. The molecule has 1 aromatic heterocycles. The number of carboxylic acid groups (broad SMARTS) is 1. The molecule has 0 amide bonds. The van der Waals surface area contributed by atoms with E-state index in [2.05, 4.69) is 31.6 Å². The van der Waals surface area contributed by atoms with Crippen LogP contribution in [0.25, 0.3) is 0 Å². The summed E-state index contributed by atoms with van der Waals surface area (Å²) in [7, 11) is -2.63. The molecule has 0 unspecified atom stereocenters. The third kappa shape index (κ3) is 4.16. The number of hydrogen-bond donors (Lipinski definition) is 2. The maximum Gasteiger partial charge on any atom is 0.335 e. The number of sulfonamides is 1. The molecule has 3 saturated heterocycles. The topological polar surface area (TPSA) is 112 Å². The Hall–Kier alpha value is -3.31. The smallest absolute Gasteiger partial charge is 0.335 e. The van der Waals surface area contributed by atoms with Gasteiger partial charge in [0.15, 0.2) is 10.2 Å². The lowest BCUT2D eigenvalue weighted by molar-refractivity contribution is 0.0696. The summed E-state index contributed by atoms with van der Waals surface area (Å²) < 4.78 is 33.7. The van der Waals surface area contributed by atoms with Crippen LogP contribution in [0.15, 0.2) is 58.9 Å². The van der Waals surface area contributed by atoms with E-state index in [9.17, 15) is 13.2 Å². The Morgan fingerprint density at radius 2 is 1.82 bits per heavy atom. The summed E-state index contributed by atoms with van der Waals surface area (Å²) in [6.07, 6.45) is 2.14. The van der Waals surface area contributed by atoms with Gasteiger partial charge in [0.2, 0.25) is 0 Å². The highest BCUT2D eigenvalue weighted by atomic mass is 32.2. The number of methoxy groups -OCH3 is 1. The van der Waals surface area contributed by atoms with Gasteiger partial charge in [-0.1, -0.05) is 18.2 Å². The quantitative estimate of drug-likeness (QED) is 0.507. The molecular formula is C23H24N4O5S2. The van der Waals surface area contributed by atoms with Gasteiger partial charge in [-0.15, -0.1) is 11.3 Å². The van der Waals surface area contributed by atoms with E-state index in [0.717, 1.165) is 25.9 Å². The highest BCUT2D eigenvalue weighted by molar-refractivity contribution is 7.92. The zero-order chi connectivity index (χ0) is 23.9. The third-order valence-electron chi connectivity index (χ3n) is 6.30. The Morgan fingerprint density at radius 3 is 2.47 bits per heavy atom. The molecule has 34 heavy (non-hydrogen) atoms. The predicted octanol–water partition coefficient (Wildman–Crippen LogP) is 3.51. The van der Waals surface area contributed by atoms with E-state index in [1.54, 1.807) is 0 Å². The van der Waals surface area contributed by atoms with E-state index in [1.807, 2.05) is 18.2 Å². The van der Waals surface area contributed by atoms with E-state index in [1.165, 1.54) is 47.7 Å². The standard InChI is InChI=1S/C23H24N4O5S2/c1-32-20-11-15(22(28)29)7-10-19(20)25-34(30,31)21-14-33-23(24-21)27-13-17-8-9-18(27)12-26(17)16-5-3-2-4-6-16/h2-7,10-11,14,17-18,25H,8-9,12-13H2,1H3,(H,28,29)/t17-,18-/m0/s1. The molecule has 0 radical (unpaired) electrons. The normalized spacial score (nSPS) is 19.8. The van der Waals surface area contributed by atoms with Gasteiger partial charge in [-0.3, -0.25) is 4.72 Å². The minimum absolute atomic E-state index is 0.000408. The number of aromatic carboxylic acids is 1. The van der Waals surface area contributed by atoms with Crippen LogP contribution in [0, 0.1) is 0 Å². The van der Waals surface area contributed by atoms with Gasteiger partial charge < -0.3 is 19.6 Å². The number of nitrogens with one attached hydrogen (secondary N) is 1. The number of thiazole rings is 1. The monoisotopic (exact) mass is 500 g/mol. The molecule has 9 nitrogen and oxygen atoms in total. The molecule has 2 aromatic carbocycles. The van der Waals surface area contributed by atoms with Gasteiger partial charge in [-0.05, 0) is 43.2 Å². The summed E-state index contributed by atoms with van der Waals surface area (Å²) in [6.45, 7) is 1.67. The molecule has 2 bridgehead atoms. The van der Waals surface area contributed by atoms with Crippen LogP contribution >= 0.6 is 11.3 Å². The van der Waals surface area contributed by atoms with Crippen LogP contribution in [0.3, 0.4) is 0 Å². The van der Waals surface area contributed by atoms with Crippen LogP contribution in [0.2, 0.25) is 0 Å². The van der Waals surface area contributed by atoms with Crippen molar-refractivity contribution in [2.45, 2.75) is 30.0 Å². The number of fused-ring (bicyclic) bond motifs is 3. The number of anilines is 3. The van der Waals surface area contributed by atoms with E-state index < -0.39 is 16.0 Å². The van der Waals surface area contributed by atoms with E-state index in [4.69, 9.17) is 9.84 Å². The van der Waals surface area contributed by atoms with Crippen molar-refractivity contribution < 1.29 is 23.1 Å². The fourth-order valence-corrected chi connectivity index (χ4v) is 6.86. The fraction of sp³-hybridized carbons (Fsp3) is 0.304. The number of hydrogen-bond acceptors (Lipinski definition) is 8. The van der Waals surface area contributed by atoms with Gasteiger partial charge in [-0.25, -0.2) is 9.78 Å². The van der Waals surface area contributed by atoms with Gasteiger partial charge in [0.05, 0.1) is 18.4 Å². The zero-order valence-electron chi connectivity index (χ0n) is 18.4. The van der Waals surface area contributed by atoms with E-state index >= 15 is 0 Å². The Morgan fingerprint density at radius 1 is 1.12 bits per heavy atom. The highest BCUT2D eigenvalue weighted by Gasteiger charge is 2.40. The fourth-order valence-electron chi connectivity index (χ4n) is 4.61. The van der Waals surface area contributed by atoms with Crippen molar-refractivity contribution in [1.82, 2.24) is 4.98 Å². The third-order valence-corrected chi connectivity index (χ3v) is 8.58. The van der Waals surface area contributed by atoms with Gasteiger partial charge in [0.25, 0.3) is 10.0 Å². The average molecular weight is 501 g/mol. The zero-order valence-corrected chi connectivity index (χ0v) is 20.1. The largest absolute Gasteiger partial charge is 0.495 e. The number of benzene rings is 2. The molecule has 0 aliphatic carbocycles. The number of aromatic nitrogens is 1. The number of ether oxygens (including phenoxy) is 1. The highest BCUT2D eigenvalue weighted by Crippen LogP contribution is 2.37. The first-order chi connectivity index (χ1) is 16.4. The molecule has 11 heteroatoms. The van der Waals surface area contributed by atoms with Crippen molar-refractivity contribution in [3.63, 3.8) is 0 Å². The second kappa shape index (κ2) is 8.80. The number of nitrogens with zero attached hydrogens (tertiary/aromatic N) is 3. The minimum atomic E-state index is -3.98. The Labute approximate surface area is 201 Å². The molecule has 3 aliphatic heterocycles. The number of carboxylic acids is 1. The van der Waals surface area contributed by atoms with Crippen LogP contribution < -0.4 is 19.3 Å². The van der Waals surface area contributed by atoms with Crippen molar-refractivity contribution in [1.29, 1.82) is 0 Å². The number of para-hydroxylation sites is 1. The average Bonchev–Trinajstić information content (AvgIpc) is 3.36. The summed E-state index contributed by atoms with van der Waals surface area (Å²) in [6, 6.07) is 14.9. The molecule has 178 valence electrons. The maximum atomic E-state index is 13.0. The number of rotatable bonds is 7. The van der Waals surface area contributed by atoms with Crippen LogP contribution in [0.4, 0.5) is 16.5 Å². The summed E-state index contributed by atoms with van der Waals surface area (Å²) >= 11 is 1.31. The van der Waals surface area contributed by atoms with Crippen LogP contribution in [0.1, 0.15) is 23.2 Å². The van der Waals surface area contributed by atoms with Crippen LogP contribution in [-0.2, 0) is 10.0 Å². The summed E-state index contributed by atoms with van der Waals surface area (Å²) in [5.74, 6) is -1.01. The SMILES string of the molecule is COc1cc(C(=O)O)ccc1NS(=O)(=O)c1csc(N2C[C@@H]3CC[C@H]2CN3c2ccccc2)n1. The first-order valence-electron chi connectivity index (χ1n) is 10.8. The van der Waals surface area contributed by atoms with Crippen molar-refractivity contribution in [2.75, 3.05) is 34.7 Å². The van der Waals surface area contributed by atoms with Gasteiger partial charge >= 0.3 is 5.97 Å². The Balaban J connectivity index is 1.34. The predicted molar refractivity (Wildman–Crippen MR) is 131 cm³/mol. The molecule has 2 atom stereocenters. The van der Waals surface area contributed by atoms with Crippen LogP contribution in [0.5, 0.6) is 5.75 Å². The van der Waals surface area contributed by atoms with Crippen LogP contribution in [-0.4, -0.2) is 56.8 Å². The number of piperazine rings is 1. The van der Waals surface area contributed by atoms with Crippen molar-refractivity contribution in [3.8, 4) is 5.75 Å². The van der Waals surface area contributed by atoms with Crippen molar-refractivity contribution in [3.05, 3.63) is 59.5 Å². The summed E-state index contributed by atoms with van der Waals surface area (Å²) in [5.41, 5.74) is 1.37. The molecule has 2 N–H and O–H groups in total. The van der Waals surface area contributed by atoms with Gasteiger partial charge in [0, 0.05) is 36.2 Å². The van der Waals surface area contributed by atoms with Gasteiger partial charge in [-0.2, -0.15) is 8.42 Å². The first kappa shape index (κ1) is 22.5. The maximum absolute atomic E-state index is 13.0. The number of piperidine rings is 2. The molecule has 3 aromatic rings. The van der Waals surface area contributed by atoms with Crippen molar-refractivity contribution in [2.24, 2.45) is 0 Å². The first-order valence-corrected chi connectivity index (χ1v) is 13.2.